The molecule has 1 saturated heterocycles. The van der Waals surface area contributed by atoms with Crippen molar-refractivity contribution in [3.63, 3.8) is 0 Å². The molecular formula is C13H19ClN2O3S. The summed E-state index contributed by atoms with van der Waals surface area (Å²) in [7, 11) is -2.01. The van der Waals surface area contributed by atoms with Crippen molar-refractivity contribution in [3.8, 4) is 0 Å². The van der Waals surface area contributed by atoms with Crippen LogP contribution in [0.25, 0.3) is 0 Å². The van der Waals surface area contributed by atoms with Gasteiger partial charge in [0.25, 0.3) is 0 Å². The van der Waals surface area contributed by atoms with E-state index in [4.69, 9.17) is 22.1 Å². The van der Waals surface area contributed by atoms with Gasteiger partial charge >= 0.3 is 0 Å². The lowest BCUT2D eigenvalue weighted by atomic mass is 10.1. The number of anilines is 1. The van der Waals surface area contributed by atoms with E-state index < -0.39 is 10.0 Å². The lowest BCUT2D eigenvalue weighted by molar-refractivity contribution is 0.00858. The summed E-state index contributed by atoms with van der Waals surface area (Å²) in [5.74, 6) is 0. The maximum absolute atomic E-state index is 12.4. The van der Waals surface area contributed by atoms with Crippen molar-refractivity contribution in [2.75, 3.05) is 25.9 Å². The number of likely N-dealkylation sites (N-methyl/N-ethyl adjacent to an activating group) is 1. The van der Waals surface area contributed by atoms with Crippen LogP contribution in [-0.4, -0.2) is 39.0 Å². The molecular weight excluding hydrogens is 300 g/mol. The molecule has 0 saturated carbocycles. The third kappa shape index (κ3) is 3.44. The lowest BCUT2D eigenvalue weighted by Crippen LogP contribution is -2.37. The molecule has 20 heavy (non-hydrogen) atoms. The van der Waals surface area contributed by atoms with Crippen LogP contribution in [-0.2, 0) is 14.8 Å². The van der Waals surface area contributed by atoms with Gasteiger partial charge in [-0.1, -0.05) is 11.6 Å². The molecule has 1 aliphatic heterocycles. The van der Waals surface area contributed by atoms with Crippen molar-refractivity contribution in [1.29, 1.82) is 0 Å². The molecule has 1 aliphatic rings. The van der Waals surface area contributed by atoms with Crippen molar-refractivity contribution in [3.05, 3.63) is 23.2 Å². The number of hydrogen-bond acceptors (Lipinski definition) is 4. The molecule has 1 heterocycles. The molecule has 2 rings (SSSR count). The Hall–Kier alpha value is -0.820. The predicted octanol–water partition coefficient (Wildman–Crippen LogP) is 2.11. The number of sulfonamides is 1. The number of rotatable bonds is 4. The van der Waals surface area contributed by atoms with Crippen LogP contribution in [0.3, 0.4) is 0 Å². The Morgan fingerprint density at radius 1 is 1.45 bits per heavy atom. The summed E-state index contributed by atoms with van der Waals surface area (Å²) in [5.41, 5.74) is 5.96. The molecule has 0 spiro atoms. The quantitative estimate of drug-likeness (QED) is 0.863. The van der Waals surface area contributed by atoms with Crippen LogP contribution in [0.15, 0.2) is 23.1 Å². The minimum Gasteiger partial charge on any atom is -0.398 e. The molecule has 7 heteroatoms. The van der Waals surface area contributed by atoms with Crippen LogP contribution in [0.2, 0.25) is 5.02 Å². The molecule has 2 N–H and O–H groups in total. The maximum atomic E-state index is 12.4. The predicted molar refractivity (Wildman–Crippen MR) is 79.3 cm³/mol. The molecule has 1 unspecified atom stereocenters. The van der Waals surface area contributed by atoms with Gasteiger partial charge < -0.3 is 10.5 Å². The van der Waals surface area contributed by atoms with E-state index >= 15 is 0 Å². The molecule has 1 fully saturated rings. The van der Waals surface area contributed by atoms with Crippen molar-refractivity contribution in [2.24, 2.45) is 0 Å². The zero-order valence-electron chi connectivity index (χ0n) is 11.4. The second-order valence-corrected chi connectivity index (χ2v) is 7.41. The highest BCUT2D eigenvalue weighted by Crippen LogP contribution is 2.25. The number of halogens is 1. The molecule has 112 valence electrons. The SMILES string of the molecule is CN(CC1CCCCO1)S(=O)(=O)c1ccc(N)c(Cl)c1. The smallest absolute Gasteiger partial charge is 0.242 e. The Labute approximate surface area is 124 Å². The van der Waals surface area contributed by atoms with Crippen LogP contribution in [0, 0.1) is 0 Å². The first-order valence-electron chi connectivity index (χ1n) is 6.54. The van der Waals surface area contributed by atoms with E-state index in [1.807, 2.05) is 0 Å². The Bertz CT molecular complexity index is 571. The third-order valence-corrected chi connectivity index (χ3v) is 5.56. The van der Waals surface area contributed by atoms with Crippen molar-refractivity contribution in [1.82, 2.24) is 4.31 Å². The van der Waals surface area contributed by atoms with E-state index in [1.54, 1.807) is 7.05 Å². The van der Waals surface area contributed by atoms with Gasteiger partial charge in [0.05, 0.1) is 21.7 Å². The maximum Gasteiger partial charge on any atom is 0.242 e. The van der Waals surface area contributed by atoms with Gasteiger partial charge in [-0.2, -0.15) is 4.31 Å². The summed E-state index contributed by atoms with van der Waals surface area (Å²) < 4.78 is 31.8. The molecule has 0 aromatic heterocycles. The summed E-state index contributed by atoms with van der Waals surface area (Å²) in [6.07, 6.45) is 2.97. The van der Waals surface area contributed by atoms with E-state index in [0.29, 0.717) is 18.8 Å². The van der Waals surface area contributed by atoms with Gasteiger partial charge in [-0.3, -0.25) is 0 Å². The molecule has 0 amide bonds. The highest BCUT2D eigenvalue weighted by molar-refractivity contribution is 7.89. The molecule has 1 atom stereocenters. The standard InChI is InChI=1S/C13H19ClN2O3S/c1-16(9-10-4-2-3-7-19-10)20(17,18)11-5-6-13(15)12(14)8-11/h5-6,8,10H,2-4,7,9,15H2,1H3. The van der Waals surface area contributed by atoms with Gasteiger partial charge in [-0.15, -0.1) is 0 Å². The zero-order valence-corrected chi connectivity index (χ0v) is 13.0. The lowest BCUT2D eigenvalue weighted by Gasteiger charge is -2.27. The zero-order chi connectivity index (χ0) is 14.8. The van der Waals surface area contributed by atoms with Gasteiger partial charge in [0, 0.05) is 20.2 Å². The Balaban J connectivity index is 2.13. The van der Waals surface area contributed by atoms with Gasteiger partial charge in [0.1, 0.15) is 0 Å². The van der Waals surface area contributed by atoms with Crippen LogP contribution in [0.5, 0.6) is 0 Å². The summed E-state index contributed by atoms with van der Waals surface area (Å²) in [4.78, 5) is 0.148. The van der Waals surface area contributed by atoms with Gasteiger partial charge in [0.2, 0.25) is 10.0 Å². The van der Waals surface area contributed by atoms with E-state index in [1.165, 1.54) is 22.5 Å². The molecule has 0 bridgehead atoms. The molecule has 1 aromatic rings. The molecule has 0 radical (unpaired) electrons. The average molecular weight is 319 g/mol. The Morgan fingerprint density at radius 3 is 2.80 bits per heavy atom. The van der Waals surface area contributed by atoms with Crippen LogP contribution >= 0.6 is 11.6 Å². The highest BCUT2D eigenvalue weighted by atomic mass is 35.5. The van der Waals surface area contributed by atoms with Gasteiger partial charge in [-0.25, -0.2) is 8.42 Å². The Morgan fingerprint density at radius 2 is 2.20 bits per heavy atom. The minimum atomic E-state index is -3.56. The first-order valence-corrected chi connectivity index (χ1v) is 8.36. The molecule has 1 aromatic carbocycles. The van der Waals surface area contributed by atoms with Crippen LogP contribution in [0.1, 0.15) is 19.3 Å². The van der Waals surface area contributed by atoms with Crippen LogP contribution in [0.4, 0.5) is 5.69 Å². The van der Waals surface area contributed by atoms with E-state index in [0.717, 1.165) is 19.3 Å². The molecule has 0 aliphatic carbocycles. The Kier molecular flexibility index (Phi) is 4.90. The van der Waals surface area contributed by atoms with Gasteiger partial charge in [-0.05, 0) is 37.5 Å². The fraction of sp³-hybridized carbons (Fsp3) is 0.538. The van der Waals surface area contributed by atoms with Crippen molar-refractivity contribution in [2.45, 2.75) is 30.3 Å². The van der Waals surface area contributed by atoms with Crippen molar-refractivity contribution < 1.29 is 13.2 Å². The number of nitrogens with two attached hydrogens (primary N) is 1. The topological polar surface area (TPSA) is 72.6 Å². The van der Waals surface area contributed by atoms with E-state index in [-0.39, 0.29) is 16.0 Å². The summed E-state index contributed by atoms with van der Waals surface area (Å²) in [6.45, 7) is 1.05. The summed E-state index contributed by atoms with van der Waals surface area (Å²) >= 11 is 5.88. The number of benzene rings is 1. The third-order valence-electron chi connectivity index (χ3n) is 3.41. The van der Waals surface area contributed by atoms with Crippen molar-refractivity contribution >= 4 is 27.3 Å². The minimum absolute atomic E-state index is 0.0345. The van der Waals surface area contributed by atoms with Gasteiger partial charge in [0.15, 0.2) is 0 Å². The summed E-state index contributed by atoms with van der Waals surface area (Å²) in [5, 5.41) is 0.244. The number of ether oxygens (including phenoxy) is 1. The van der Waals surface area contributed by atoms with E-state index in [9.17, 15) is 8.42 Å². The highest BCUT2D eigenvalue weighted by Gasteiger charge is 2.25. The monoisotopic (exact) mass is 318 g/mol. The fourth-order valence-electron chi connectivity index (χ4n) is 2.18. The number of hydrogen-bond donors (Lipinski definition) is 1. The van der Waals surface area contributed by atoms with E-state index in [2.05, 4.69) is 0 Å². The summed E-state index contributed by atoms with van der Waals surface area (Å²) in [6, 6.07) is 4.35. The number of nitrogen functional groups attached to an aromatic ring is 1. The second-order valence-electron chi connectivity index (χ2n) is 4.96. The average Bonchev–Trinajstić information content (AvgIpc) is 2.42. The largest absolute Gasteiger partial charge is 0.398 e. The first-order chi connectivity index (χ1) is 9.41. The normalized spacial score (nSPS) is 20.2. The fourth-order valence-corrected chi connectivity index (χ4v) is 3.66. The second kappa shape index (κ2) is 6.30. The first kappa shape index (κ1) is 15.6. The van der Waals surface area contributed by atoms with Crippen LogP contribution < -0.4 is 5.73 Å². The number of nitrogens with zero attached hydrogens (tertiary/aromatic N) is 1. The molecule has 5 nitrogen and oxygen atoms in total.